The zero-order chi connectivity index (χ0) is 38.4. The van der Waals surface area contributed by atoms with Gasteiger partial charge in [-0.05, 0) is 70.4 Å². The van der Waals surface area contributed by atoms with E-state index in [1.165, 1.54) is 0 Å². The van der Waals surface area contributed by atoms with Gasteiger partial charge in [-0.2, -0.15) is 0 Å². The molecule has 6 aromatic carbocycles. The van der Waals surface area contributed by atoms with Crippen LogP contribution in [0.5, 0.6) is 46.0 Å². The van der Waals surface area contributed by atoms with Crippen molar-refractivity contribution < 1.29 is 42.7 Å². The Morgan fingerprint density at radius 2 is 0.946 bits per heavy atom. The van der Waals surface area contributed by atoms with E-state index in [0.29, 0.717) is 34.5 Å². The van der Waals surface area contributed by atoms with Gasteiger partial charge in [0.25, 0.3) is 0 Å². The molecule has 56 heavy (non-hydrogen) atoms. The average Bonchev–Trinajstić information content (AvgIpc) is 3.89. The smallest absolute Gasteiger partial charge is 0.231 e. The fourth-order valence-corrected chi connectivity index (χ4v) is 9.31. The lowest BCUT2D eigenvalue weighted by Gasteiger charge is -2.41. The van der Waals surface area contributed by atoms with Crippen LogP contribution in [-0.4, -0.2) is 61.9 Å². The largest absolute Gasteiger partial charge is 0.493 e. The molecule has 0 N–H and O–H groups in total. The first kappa shape index (κ1) is 34.0. The molecule has 0 aliphatic carbocycles. The predicted molar refractivity (Wildman–Crippen MR) is 214 cm³/mol. The number of carbonyl (C=O) groups excluding carboxylic acids is 1. The first-order chi connectivity index (χ1) is 27.3. The molecule has 0 aromatic heterocycles. The van der Waals surface area contributed by atoms with Gasteiger partial charge in [0, 0.05) is 60.0 Å². The Morgan fingerprint density at radius 1 is 0.554 bits per heavy atom. The van der Waals surface area contributed by atoms with Crippen molar-refractivity contribution in [3.63, 3.8) is 0 Å². The van der Waals surface area contributed by atoms with Crippen molar-refractivity contribution in [2.24, 2.45) is 0 Å². The minimum Gasteiger partial charge on any atom is -0.493 e. The third-order valence-corrected chi connectivity index (χ3v) is 11.9. The molecule has 0 amide bonds. The van der Waals surface area contributed by atoms with Crippen molar-refractivity contribution in [2.45, 2.75) is 24.9 Å². The number of hydrogen-bond donors (Lipinski definition) is 0. The molecule has 11 heteroatoms. The summed E-state index contributed by atoms with van der Waals surface area (Å²) in [7, 11) is 10.7. The zero-order valence-electron chi connectivity index (χ0n) is 32.0. The van der Waals surface area contributed by atoms with Crippen LogP contribution in [0.3, 0.4) is 0 Å². The Kier molecular flexibility index (Phi) is 7.78. The van der Waals surface area contributed by atoms with Crippen LogP contribution in [0.1, 0.15) is 36.1 Å². The average molecular weight is 753 g/mol. The van der Waals surface area contributed by atoms with Crippen molar-refractivity contribution in [3.8, 4) is 68.2 Å². The molecule has 2 unspecified atom stereocenters. The third kappa shape index (κ3) is 4.85. The van der Waals surface area contributed by atoms with Crippen LogP contribution in [0.25, 0.3) is 43.8 Å². The summed E-state index contributed by atoms with van der Waals surface area (Å²) in [5.41, 5.74) is 7.84. The molecule has 0 radical (unpaired) electrons. The summed E-state index contributed by atoms with van der Waals surface area (Å²) in [6.07, 6.45) is 0.390. The predicted octanol–water partition coefficient (Wildman–Crippen LogP) is 8.85. The molecular weight excluding hydrogens is 712 g/mol. The van der Waals surface area contributed by atoms with E-state index in [1.807, 2.05) is 50.5 Å². The molecule has 4 heterocycles. The molecule has 284 valence electrons. The SMILES string of the molecule is COc1ccc2c(c1OC)C(CC(=O)CC1c3c(ccc(OC)c3OC)-c3ccc4cc5c(cc4c3N1C)OCO5)N(C)c1c-2ccc2cc3c(cc12)OCO3. The molecular formula is C45H40N2O9. The number of fused-ring (bicyclic) bond motifs is 12. The molecule has 6 aromatic rings. The Bertz CT molecular complexity index is 2460. The Labute approximate surface area is 323 Å². The Balaban J connectivity index is 1.10. The van der Waals surface area contributed by atoms with Gasteiger partial charge in [-0.15, -0.1) is 0 Å². The van der Waals surface area contributed by atoms with Gasteiger partial charge < -0.3 is 47.7 Å². The zero-order valence-corrected chi connectivity index (χ0v) is 32.0. The summed E-state index contributed by atoms with van der Waals surface area (Å²) < 4.78 is 46.9. The van der Waals surface area contributed by atoms with Gasteiger partial charge in [0.15, 0.2) is 46.0 Å². The van der Waals surface area contributed by atoms with Crippen molar-refractivity contribution in [1.82, 2.24) is 0 Å². The van der Waals surface area contributed by atoms with Gasteiger partial charge >= 0.3 is 0 Å². The molecule has 0 bridgehead atoms. The van der Waals surface area contributed by atoms with Gasteiger partial charge in [0.2, 0.25) is 13.6 Å². The molecule has 0 fully saturated rings. The van der Waals surface area contributed by atoms with Gasteiger partial charge in [0.1, 0.15) is 5.78 Å². The second-order valence-corrected chi connectivity index (χ2v) is 14.5. The molecule has 11 nitrogen and oxygen atoms in total. The second-order valence-electron chi connectivity index (χ2n) is 14.5. The van der Waals surface area contributed by atoms with Crippen molar-refractivity contribution >= 4 is 38.7 Å². The molecule has 0 saturated heterocycles. The number of ketones is 1. The van der Waals surface area contributed by atoms with E-state index < -0.39 is 0 Å². The van der Waals surface area contributed by atoms with E-state index in [9.17, 15) is 4.79 Å². The van der Waals surface area contributed by atoms with E-state index in [1.54, 1.807) is 28.4 Å². The topological polar surface area (TPSA) is 97.4 Å². The molecule has 2 atom stereocenters. The van der Waals surface area contributed by atoms with Crippen LogP contribution >= 0.6 is 0 Å². The van der Waals surface area contributed by atoms with Gasteiger partial charge in [0.05, 0.1) is 51.9 Å². The third-order valence-electron chi connectivity index (χ3n) is 11.9. The minimum absolute atomic E-state index is 0.0629. The normalized spacial score (nSPS) is 17.0. The number of rotatable bonds is 8. The number of Topliss-reactive ketones (excluding diaryl/α,β-unsaturated/α-hetero) is 1. The van der Waals surface area contributed by atoms with E-state index in [2.05, 4.69) is 46.2 Å². The summed E-state index contributed by atoms with van der Waals surface area (Å²) in [5.74, 6) is 5.33. The number of nitrogens with zero attached hydrogens (tertiary/aromatic N) is 2. The summed E-state index contributed by atoms with van der Waals surface area (Å²) in [6.45, 7) is 0.363. The van der Waals surface area contributed by atoms with Crippen molar-refractivity contribution in [2.75, 3.05) is 65.9 Å². The maximum absolute atomic E-state index is 15.0. The first-order valence-electron chi connectivity index (χ1n) is 18.5. The Morgan fingerprint density at radius 3 is 1.34 bits per heavy atom. The molecule has 0 spiro atoms. The lowest BCUT2D eigenvalue weighted by Crippen LogP contribution is -2.34. The highest BCUT2D eigenvalue weighted by atomic mass is 16.7. The lowest BCUT2D eigenvalue weighted by molar-refractivity contribution is -0.119. The maximum Gasteiger partial charge on any atom is 0.231 e. The number of carbonyl (C=O) groups is 1. The second kappa shape index (κ2) is 12.8. The fraction of sp³-hybridized carbons (Fsp3) is 0.267. The van der Waals surface area contributed by atoms with Crippen LogP contribution in [0.15, 0.2) is 72.8 Å². The number of anilines is 2. The molecule has 4 aliphatic heterocycles. The number of methoxy groups -OCH3 is 4. The highest BCUT2D eigenvalue weighted by Crippen LogP contribution is 2.57. The van der Waals surface area contributed by atoms with Crippen LogP contribution in [0, 0.1) is 0 Å². The minimum atomic E-state index is -0.389. The molecule has 4 aliphatic rings. The summed E-state index contributed by atoms with van der Waals surface area (Å²) in [6, 6.07) is 23.8. The van der Waals surface area contributed by atoms with Crippen LogP contribution in [0.2, 0.25) is 0 Å². The van der Waals surface area contributed by atoms with Crippen LogP contribution in [0.4, 0.5) is 11.4 Å². The Hall–Kier alpha value is -6.49. The summed E-state index contributed by atoms with van der Waals surface area (Å²) >= 11 is 0. The summed E-state index contributed by atoms with van der Waals surface area (Å²) in [4.78, 5) is 19.4. The van der Waals surface area contributed by atoms with Crippen LogP contribution in [-0.2, 0) is 4.79 Å². The highest BCUT2D eigenvalue weighted by Gasteiger charge is 2.39. The monoisotopic (exact) mass is 752 g/mol. The van der Waals surface area contributed by atoms with Gasteiger partial charge in [-0.25, -0.2) is 0 Å². The molecule has 10 rings (SSSR count). The number of hydrogen-bond acceptors (Lipinski definition) is 11. The van der Waals surface area contributed by atoms with E-state index >= 15 is 0 Å². The van der Waals surface area contributed by atoms with E-state index in [-0.39, 0.29) is 44.3 Å². The summed E-state index contributed by atoms with van der Waals surface area (Å²) in [5, 5.41) is 4.05. The van der Waals surface area contributed by atoms with E-state index in [4.69, 9.17) is 37.9 Å². The first-order valence-corrected chi connectivity index (χ1v) is 18.5. The van der Waals surface area contributed by atoms with Gasteiger partial charge in [-0.3, -0.25) is 4.79 Å². The lowest BCUT2D eigenvalue weighted by atomic mass is 9.81. The number of ether oxygens (including phenoxy) is 8. The van der Waals surface area contributed by atoms with Crippen LogP contribution < -0.4 is 47.7 Å². The maximum atomic E-state index is 15.0. The quantitative estimate of drug-likeness (QED) is 0.149. The van der Waals surface area contributed by atoms with E-state index in [0.717, 1.165) is 77.8 Å². The standard InChI is InChI=1S/C45H40N2O9/c1-46-32(40-26(11-13-34(49-3)44(40)51-5)28-9-7-23-15-36-38(55-21-53-36)19-30(23)42(28)46)17-25(48)18-33-41-27(12-14-35(50-4)45(41)52-6)29-10-8-24-16-37-39(56-22-54-37)20-31(24)43(29)47(33)2/h7-16,19-20,32-33H,17-18,21-22H2,1-6H3. The van der Waals surface area contributed by atoms with Gasteiger partial charge in [-0.1, -0.05) is 24.3 Å². The molecule has 0 saturated carbocycles. The fourth-order valence-electron chi connectivity index (χ4n) is 9.31. The number of benzene rings is 6. The highest BCUT2D eigenvalue weighted by molar-refractivity contribution is 6.07. The van der Waals surface area contributed by atoms with Crippen molar-refractivity contribution in [3.05, 3.63) is 83.9 Å². The van der Waals surface area contributed by atoms with Crippen molar-refractivity contribution in [1.29, 1.82) is 0 Å².